The summed E-state index contributed by atoms with van der Waals surface area (Å²) in [5.74, 6) is 1.02. The van der Waals surface area contributed by atoms with Crippen LogP contribution in [0.4, 0.5) is 0 Å². The highest BCUT2D eigenvalue weighted by atomic mass is 16.5. The van der Waals surface area contributed by atoms with Gasteiger partial charge in [0.05, 0.1) is 37.1 Å². The molecule has 4 aromatic rings. The van der Waals surface area contributed by atoms with Crippen molar-refractivity contribution in [3.63, 3.8) is 0 Å². The molecule has 0 unspecified atom stereocenters. The van der Waals surface area contributed by atoms with E-state index in [0.717, 1.165) is 34.2 Å². The van der Waals surface area contributed by atoms with Gasteiger partial charge in [0.2, 0.25) is 0 Å². The normalized spacial score (nSPS) is 11.0. The summed E-state index contributed by atoms with van der Waals surface area (Å²) >= 11 is 0. The summed E-state index contributed by atoms with van der Waals surface area (Å²) in [7, 11) is 3.16. The number of hydrogen-bond acceptors (Lipinski definition) is 5. The molecule has 7 nitrogen and oxygen atoms in total. The van der Waals surface area contributed by atoms with E-state index in [1.807, 2.05) is 18.3 Å². The van der Waals surface area contributed by atoms with Crippen LogP contribution in [0.5, 0.6) is 11.6 Å². The minimum atomic E-state index is 0.432. The number of H-pyrrole nitrogens is 1. The zero-order valence-electron chi connectivity index (χ0n) is 14.7. The van der Waals surface area contributed by atoms with Crippen LogP contribution in [0.15, 0.2) is 30.6 Å². The number of nitriles is 1. The average Bonchev–Trinajstić information content (AvgIpc) is 3.27. The molecule has 4 heterocycles. The van der Waals surface area contributed by atoms with Gasteiger partial charge in [-0.05, 0) is 19.1 Å². The number of methoxy groups -OCH3 is 2. The zero-order chi connectivity index (χ0) is 18.3. The lowest BCUT2D eigenvalue weighted by atomic mass is 10.1. The third-order valence-corrected chi connectivity index (χ3v) is 4.48. The lowest BCUT2D eigenvalue weighted by molar-refractivity contribution is 0.344. The molecule has 0 aromatic carbocycles. The maximum absolute atomic E-state index is 9.32. The Balaban J connectivity index is 2.01. The standard InChI is InChI=1S/C19H17N5O2/c1-4-24-10-13(17-15(24)8-16(25-2)19(23-17)26-3)14-7-12-11(9-20)5-6-21-18(12)22-14/h5-8,10H,4H2,1-3H3,(H,21,22). The monoisotopic (exact) mass is 347 g/mol. The number of aryl methyl sites for hydroxylation is 1. The Labute approximate surface area is 149 Å². The van der Waals surface area contributed by atoms with E-state index in [0.29, 0.717) is 22.8 Å². The van der Waals surface area contributed by atoms with Crippen molar-refractivity contribution in [1.29, 1.82) is 5.26 Å². The maximum Gasteiger partial charge on any atom is 0.257 e. The molecule has 0 aliphatic heterocycles. The van der Waals surface area contributed by atoms with Crippen LogP contribution in [-0.2, 0) is 6.54 Å². The molecule has 0 atom stereocenters. The smallest absolute Gasteiger partial charge is 0.257 e. The average molecular weight is 347 g/mol. The first-order chi connectivity index (χ1) is 12.7. The van der Waals surface area contributed by atoms with E-state index < -0.39 is 0 Å². The van der Waals surface area contributed by atoms with E-state index in [-0.39, 0.29) is 0 Å². The molecular weight excluding hydrogens is 330 g/mol. The van der Waals surface area contributed by atoms with Crippen molar-refractivity contribution in [3.05, 3.63) is 36.2 Å². The minimum Gasteiger partial charge on any atom is -0.491 e. The molecule has 4 rings (SSSR count). The first kappa shape index (κ1) is 16.0. The highest BCUT2D eigenvalue weighted by Gasteiger charge is 2.18. The number of nitrogens with one attached hydrogen (secondary N) is 1. The molecule has 0 radical (unpaired) electrons. The third kappa shape index (κ3) is 2.27. The summed E-state index contributed by atoms with van der Waals surface area (Å²) in [6, 6.07) is 7.78. The molecule has 26 heavy (non-hydrogen) atoms. The lowest BCUT2D eigenvalue weighted by Gasteiger charge is -2.07. The molecule has 7 heteroatoms. The first-order valence-electron chi connectivity index (χ1n) is 8.20. The highest BCUT2D eigenvalue weighted by molar-refractivity contribution is 5.97. The Morgan fingerprint density at radius 2 is 2.12 bits per heavy atom. The minimum absolute atomic E-state index is 0.432. The van der Waals surface area contributed by atoms with Gasteiger partial charge in [-0.1, -0.05) is 0 Å². The number of nitrogens with zero attached hydrogens (tertiary/aromatic N) is 4. The van der Waals surface area contributed by atoms with Crippen LogP contribution in [0, 0.1) is 11.3 Å². The van der Waals surface area contributed by atoms with E-state index in [1.165, 1.54) is 0 Å². The van der Waals surface area contributed by atoms with E-state index >= 15 is 0 Å². The molecule has 0 saturated heterocycles. The van der Waals surface area contributed by atoms with Gasteiger partial charge >= 0.3 is 0 Å². The fourth-order valence-electron chi connectivity index (χ4n) is 3.19. The molecule has 0 saturated carbocycles. The summed E-state index contributed by atoms with van der Waals surface area (Å²) in [5.41, 5.74) is 4.79. The van der Waals surface area contributed by atoms with E-state index in [1.54, 1.807) is 26.5 Å². The fraction of sp³-hybridized carbons (Fsp3) is 0.211. The zero-order valence-corrected chi connectivity index (χ0v) is 14.7. The van der Waals surface area contributed by atoms with Crippen LogP contribution in [0.1, 0.15) is 12.5 Å². The van der Waals surface area contributed by atoms with Crippen molar-refractivity contribution in [3.8, 4) is 29.0 Å². The molecule has 0 bridgehead atoms. The molecule has 0 aliphatic carbocycles. The Morgan fingerprint density at radius 1 is 1.27 bits per heavy atom. The number of pyridine rings is 2. The number of rotatable bonds is 4. The van der Waals surface area contributed by atoms with Crippen molar-refractivity contribution in [2.24, 2.45) is 0 Å². The van der Waals surface area contributed by atoms with Crippen molar-refractivity contribution in [1.82, 2.24) is 19.5 Å². The van der Waals surface area contributed by atoms with Crippen LogP contribution >= 0.6 is 0 Å². The van der Waals surface area contributed by atoms with Gasteiger partial charge in [0, 0.05) is 36.0 Å². The molecule has 4 aromatic heterocycles. The highest BCUT2D eigenvalue weighted by Crippen LogP contribution is 2.36. The Hall–Kier alpha value is -3.53. The number of ether oxygens (including phenoxy) is 2. The Morgan fingerprint density at radius 3 is 2.81 bits per heavy atom. The quantitative estimate of drug-likeness (QED) is 0.610. The van der Waals surface area contributed by atoms with Crippen molar-refractivity contribution >= 4 is 22.1 Å². The molecule has 0 spiro atoms. The summed E-state index contributed by atoms with van der Waals surface area (Å²) in [4.78, 5) is 12.3. The van der Waals surface area contributed by atoms with E-state index in [9.17, 15) is 5.26 Å². The molecule has 0 fully saturated rings. The maximum atomic E-state index is 9.32. The van der Waals surface area contributed by atoms with Gasteiger partial charge in [-0.15, -0.1) is 0 Å². The fourth-order valence-corrected chi connectivity index (χ4v) is 3.19. The van der Waals surface area contributed by atoms with E-state index in [4.69, 9.17) is 9.47 Å². The molecule has 1 N–H and O–H groups in total. The third-order valence-electron chi connectivity index (χ3n) is 4.48. The van der Waals surface area contributed by atoms with Crippen LogP contribution < -0.4 is 9.47 Å². The van der Waals surface area contributed by atoms with Gasteiger partial charge in [0.25, 0.3) is 5.88 Å². The Kier molecular flexibility index (Phi) is 3.73. The van der Waals surface area contributed by atoms with Gasteiger partial charge in [0.15, 0.2) is 5.75 Å². The SMILES string of the molecule is CCn1cc(-c2cc3c(C#N)ccnc3[nH]2)c2nc(OC)c(OC)cc21. The second kappa shape index (κ2) is 6.08. The second-order valence-electron chi connectivity index (χ2n) is 5.81. The van der Waals surface area contributed by atoms with Gasteiger partial charge in [-0.25, -0.2) is 9.97 Å². The van der Waals surface area contributed by atoms with Gasteiger partial charge in [-0.3, -0.25) is 0 Å². The van der Waals surface area contributed by atoms with Gasteiger partial charge in [0.1, 0.15) is 11.2 Å². The molecule has 130 valence electrons. The molecular formula is C19H17N5O2. The number of aromatic nitrogens is 4. The first-order valence-corrected chi connectivity index (χ1v) is 8.20. The molecule has 0 amide bonds. The summed E-state index contributed by atoms with van der Waals surface area (Å²) in [6.07, 6.45) is 3.66. The number of hydrogen-bond donors (Lipinski definition) is 1. The van der Waals surface area contributed by atoms with Gasteiger partial charge < -0.3 is 19.0 Å². The van der Waals surface area contributed by atoms with Crippen molar-refractivity contribution in [2.45, 2.75) is 13.5 Å². The van der Waals surface area contributed by atoms with Crippen LogP contribution in [0.2, 0.25) is 0 Å². The van der Waals surface area contributed by atoms with Crippen molar-refractivity contribution in [2.75, 3.05) is 14.2 Å². The van der Waals surface area contributed by atoms with Crippen molar-refractivity contribution < 1.29 is 9.47 Å². The number of fused-ring (bicyclic) bond motifs is 2. The Bertz CT molecular complexity index is 1170. The summed E-state index contributed by atoms with van der Waals surface area (Å²) < 4.78 is 12.8. The summed E-state index contributed by atoms with van der Waals surface area (Å²) in [5, 5.41) is 10.1. The van der Waals surface area contributed by atoms with Crippen LogP contribution in [0.25, 0.3) is 33.3 Å². The van der Waals surface area contributed by atoms with Crippen LogP contribution in [-0.4, -0.2) is 33.7 Å². The second-order valence-corrected chi connectivity index (χ2v) is 5.81. The predicted molar refractivity (Wildman–Crippen MR) is 98.3 cm³/mol. The van der Waals surface area contributed by atoms with E-state index in [2.05, 4.69) is 32.5 Å². The van der Waals surface area contributed by atoms with Gasteiger partial charge in [-0.2, -0.15) is 5.26 Å². The largest absolute Gasteiger partial charge is 0.491 e. The topological polar surface area (TPSA) is 88.8 Å². The summed E-state index contributed by atoms with van der Waals surface area (Å²) in [6.45, 7) is 2.86. The predicted octanol–water partition coefficient (Wildman–Crippen LogP) is 3.49. The van der Waals surface area contributed by atoms with Crippen LogP contribution in [0.3, 0.4) is 0 Å². The molecule has 0 aliphatic rings. The lowest BCUT2D eigenvalue weighted by Crippen LogP contribution is -1.96. The number of aromatic amines is 1.